The molecule has 3 N–H and O–H groups in total. The molecule has 14 heavy (non-hydrogen) atoms. The van der Waals surface area contributed by atoms with Crippen LogP contribution in [0.3, 0.4) is 0 Å². The highest BCUT2D eigenvalue weighted by molar-refractivity contribution is 5.74. The minimum absolute atomic E-state index is 0.0786. The number of carboxylic acid groups (broad SMARTS) is 1. The van der Waals surface area contributed by atoms with Crippen molar-refractivity contribution < 1.29 is 14.7 Å². The van der Waals surface area contributed by atoms with E-state index in [0.29, 0.717) is 13.0 Å². The van der Waals surface area contributed by atoms with Gasteiger partial charge in [0.15, 0.2) is 0 Å². The molecule has 82 valence electrons. The minimum Gasteiger partial charge on any atom is -0.481 e. The summed E-state index contributed by atoms with van der Waals surface area (Å²) in [6, 6.07) is -0.340. The van der Waals surface area contributed by atoms with Crippen LogP contribution >= 0.6 is 0 Å². The SMILES string of the molecule is CCCNC(=O)NC(C)CCC(=O)O. The third-order valence-electron chi connectivity index (χ3n) is 1.70. The molecule has 0 aliphatic heterocycles. The average molecular weight is 202 g/mol. The fraction of sp³-hybridized carbons (Fsp3) is 0.778. The van der Waals surface area contributed by atoms with Crippen molar-refractivity contribution in [1.82, 2.24) is 10.6 Å². The van der Waals surface area contributed by atoms with Gasteiger partial charge in [-0.3, -0.25) is 4.79 Å². The number of hydrogen-bond acceptors (Lipinski definition) is 2. The predicted molar refractivity (Wildman–Crippen MR) is 53.2 cm³/mol. The molecule has 2 amide bonds. The van der Waals surface area contributed by atoms with Crippen LogP contribution in [0.1, 0.15) is 33.1 Å². The van der Waals surface area contributed by atoms with Crippen LogP contribution in [0.4, 0.5) is 4.79 Å². The fourth-order valence-corrected chi connectivity index (χ4v) is 0.926. The van der Waals surface area contributed by atoms with Crippen molar-refractivity contribution in [2.24, 2.45) is 0 Å². The van der Waals surface area contributed by atoms with E-state index in [4.69, 9.17) is 5.11 Å². The van der Waals surface area contributed by atoms with Crippen LogP contribution in [-0.4, -0.2) is 29.7 Å². The third-order valence-corrected chi connectivity index (χ3v) is 1.70. The van der Waals surface area contributed by atoms with E-state index in [0.717, 1.165) is 6.42 Å². The molecule has 0 heterocycles. The molecule has 1 atom stereocenters. The van der Waals surface area contributed by atoms with E-state index >= 15 is 0 Å². The molecule has 1 unspecified atom stereocenters. The Hall–Kier alpha value is -1.26. The summed E-state index contributed by atoms with van der Waals surface area (Å²) in [7, 11) is 0. The van der Waals surface area contributed by atoms with Gasteiger partial charge in [-0.25, -0.2) is 4.79 Å². The topological polar surface area (TPSA) is 78.4 Å². The van der Waals surface area contributed by atoms with E-state index in [1.807, 2.05) is 6.92 Å². The fourth-order valence-electron chi connectivity index (χ4n) is 0.926. The first kappa shape index (κ1) is 12.7. The smallest absolute Gasteiger partial charge is 0.314 e. The van der Waals surface area contributed by atoms with Gasteiger partial charge in [0.2, 0.25) is 0 Å². The first-order valence-electron chi connectivity index (χ1n) is 4.82. The summed E-state index contributed by atoms with van der Waals surface area (Å²) in [6.07, 6.45) is 1.42. The lowest BCUT2D eigenvalue weighted by Gasteiger charge is -2.13. The molecular formula is C9H18N2O3. The van der Waals surface area contributed by atoms with Crippen molar-refractivity contribution in [2.45, 2.75) is 39.2 Å². The van der Waals surface area contributed by atoms with Gasteiger partial charge in [0.25, 0.3) is 0 Å². The molecule has 0 rings (SSSR count). The number of rotatable bonds is 6. The summed E-state index contributed by atoms with van der Waals surface area (Å²) >= 11 is 0. The molecule has 0 aromatic rings. The maximum absolute atomic E-state index is 11.1. The number of hydrogen-bond donors (Lipinski definition) is 3. The Morgan fingerprint density at radius 1 is 1.43 bits per heavy atom. The van der Waals surface area contributed by atoms with Crippen molar-refractivity contribution in [1.29, 1.82) is 0 Å². The molecule has 5 nitrogen and oxygen atoms in total. The lowest BCUT2D eigenvalue weighted by molar-refractivity contribution is -0.137. The Kier molecular flexibility index (Phi) is 6.53. The first-order valence-corrected chi connectivity index (χ1v) is 4.82. The van der Waals surface area contributed by atoms with E-state index in [1.54, 1.807) is 6.92 Å². The van der Waals surface area contributed by atoms with Crippen LogP contribution in [-0.2, 0) is 4.79 Å². The second-order valence-corrected chi connectivity index (χ2v) is 3.23. The lowest BCUT2D eigenvalue weighted by atomic mass is 10.2. The van der Waals surface area contributed by atoms with Crippen LogP contribution < -0.4 is 10.6 Å². The predicted octanol–water partition coefficient (Wildman–Crippen LogP) is 0.949. The first-order chi connectivity index (χ1) is 6.56. The quantitative estimate of drug-likeness (QED) is 0.600. The van der Waals surface area contributed by atoms with Gasteiger partial charge in [-0.2, -0.15) is 0 Å². The Balaban J connectivity index is 3.55. The van der Waals surface area contributed by atoms with Gasteiger partial charge in [-0.1, -0.05) is 6.92 Å². The number of nitrogens with one attached hydrogen (secondary N) is 2. The van der Waals surface area contributed by atoms with E-state index < -0.39 is 5.97 Å². The summed E-state index contributed by atoms with van der Waals surface area (Å²) in [5.74, 6) is -0.840. The Morgan fingerprint density at radius 2 is 2.07 bits per heavy atom. The van der Waals surface area contributed by atoms with Gasteiger partial charge >= 0.3 is 12.0 Å². The third kappa shape index (κ3) is 7.39. The van der Waals surface area contributed by atoms with Crippen molar-refractivity contribution in [2.75, 3.05) is 6.54 Å². The largest absolute Gasteiger partial charge is 0.481 e. The summed E-state index contributed by atoms with van der Waals surface area (Å²) in [5.41, 5.74) is 0. The maximum Gasteiger partial charge on any atom is 0.314 e. The van der Waals surface area contributed by atoms with E-state index in [2.05, 4.69) is 10.6 Å². The molecule has 0 aliphatic rings. The minimum atomic E-state index is -0.840. The number of amides is 2. The zero-order valence-corrected chi connectivity index (χ0v) is 8.67. The van der Waals surface area contributed by atoms with Crippen LogP contribution in [0.2, 0.25) is 0 Å². The molecule has 0 saturated heterocycles. The Labute approximate surface area is 83.9 Å². The van der Waals surface area contributed by atoms with Crippen LogP contribution in [0, 0.1) is 0 Å². The number of carboxylic acids is 1. The maximum atomic E-state index is 11.1. The molecule has 0 radical (unpaired) electrons. The molecule has 0 fully saturated rings. The van der Waals surface area contributed by atoms with Crippen molar-refractivity contribution in [3.05, 3.63) is 0 Å². The van der Waals surface area contributed by atoms with Crippen molar-refractivity contribution in [3.63, 3.8) is 0 Å². The number of carbonyl (C=O) groups is 2. The second-order valence-electron chi connectivity index (χ2n) is 3.23. The molecule has 0 saturated carbocycles. The zero-order chi connectivity index (χ0) is 11.0. The number of urea groups is 1. The van der Waals surface area contributed by atoms with Crippen LogP contribution in [0.15, 0.2) is 0 Å². The molecule has 0 aliphatic carbocycles. The highest BCUT2D eigenvalue weighted by Gasteiger charge is 2.07. The van der Waals surface area contributed by atoms with Gasteiger partial charge in [-0.15, -0.1) is 0 Å². The highest BCUT2D eigenvalue weighted by Crippen LogP contribution is 1.95. The normalized spacial score (nSPS) is 11.9. The lowest BCUT2D eigenvalue weighted by Crippen LogP contribution is -2.41. The van der Waals surface area contributed by atoms with Crippen LogP contribution in [0.25, 0.3) is 0 Å². The number of aliphatic carboxylic acids is 1. The van der Waals surface area contributed by atoms with Gasteiger partial charge in [0.1, 0.15) is 0 Å². The molecule has 0 aromatic heterocycles. The molecular weight excluding hydrogens is 184 g/mol. The highest BCUT2D eigenvalue weighted by atomic mass is 16.4. The van der Waals surface area contributed by atoms with E-state index in [-0.39, 0.29) is 18.5 Å². The Bertz CT molecular complexity index is 194. The number of carbonyl (C=O) groups excluding carboxylic acids is 1. The summed E-state index contributed by atoms with van der Waals surface area (Å²) in [6.45, 7) is 4.39. The van der Waals surface area contributed by atoms with Gasteiger partial charge in [0.05, 0.1) is 0 Å². The van der Waals surface area contributed by atoms with Gasteiger partial charge in [-0.05, 0) is 19.8 Å². The molecule has 0 spiro atoms. The Morgan fingerprint density at radius 3 is 2.57 bits per heavy atom. The molecule has 0 aromatic carbocycles. The van der Waals surface area contributed by atoms with E-state index in [9.17, 15) is 9.59 Å². The van der Waals surface area contributed by atoms with Crippen molar-refractivity contribution in [3.8, 4) is 0 Å². The van der Waals surface area contributed by atoms with Gasteiger partial charge in [0, 0.05) is 19.0 Å². The van der Waals surface area contributed by atoms with Gasteiger partial charge < -0.3 is 15.7 Å². The second kappa shape index (κ2) is 7.17. The standard InChI is InChI=1S/C9H18N2O3/c1-3-6-10-9(14)11-7(2)4-5-8(12)13/h7H,3-6H2,1-2H3,(H,12,13)(H2,10,11,14). The van der Waals surface area contributed by atoms with E-state index in [1.165, 1.54) is 0 Å². The van der Waals surface area contributed by atoms with Crippen LogP contribution in [0.5, 0.6) is 0 Å². The zero-order valence-electron chi connectivity index (χ0n) is 8.67. The summed E-state index contributed by atoms with van der Waals surface area (Å²) in [4.78, 5) is 21.3. The molecule has 5 heteroatoms. The average Bonchev–Trinajstić information content (AvgIpc) is 2.11. The summed E-state index contributed by atoms with van der Waals surface area (Å²) < 4.78 is 0. The monoisotopic (exact) mass is 202 g/mol. The van der Waals surface area contributed by atoms with Crippen molar-refractivity contribution >= 4 is 12.0 Å². The molecule has 0 bridgehead atoms. The summed E-state index contributed by atoms with van der Waals surface area (Å²) in [5, 5.41) is 13.7.